The van der Waals surface area contributed by atoms with Crippen LogP contribution in [0.15, 0.2) is 42.5 Å². The van der Waals surface area contributed by atoms with E-state index in [1.165, 1.54) is 5.01 Å². The number of hydrogen-bond donors (Lipinski definition) is 2. The molecule has 0 atom stereocenters. The van der Waals surface area contributed by atoms with Crippen molar-refractivity contribution in [3.05, 3.63) is 53.6 Å². The molecule has 0 saturated carbocycles. The molecule has 0 aromatic heterocycles. The van der Waals surface area contributed by atoms with Crippen LogP contribution in [0.25, 0.3) is 0 Å². The molecule has 7 nitrogen and oxygen atoms in total. The van der Waals surface area contributed by atoms with E-state index in [1.54, 1.807) is 51.1 Å². The SMILES string of the molecule is Cc1cccc(NC(=O)CCCCBr)c1NN(C(=O)OC(C)(C)C)c1ccc(C#N)cc1. The van der Waals surface area contributed by atoms with E-state index in [2.05, 4.69) is 32.7 Å². The van der Waals surface area contributed by atoms with Gasteiger partial charge in [0.15, 0.2) is 0 Å². The number of nitrogens with one attached hydrogen (secondary N) is 2. The van der Waals surface area contributed by atoms with Crippen LogP contribution < -0.4 is 15.8 Å². The molecule has 32 heavy (non-hydrogen) atoms. The molecule has 2 amide bonds. The number of carbonyl (C=O) groups is 2. The molecule has 0 bridgehead atoms. The van der Waals surface area contributed by atoms with Crippen LogP contribution in [0.2, 0.25) is 0 Å². The Balaban J connectivity index is 2.36. The summed E-state index contributed by atoms with van der Waals surface area (Å²) in [6, 6.07) is 14.1. The Kier molecular flexibility index (Phi) is 9.09. The molecule has 0 unspecified atom stereocenters. The van der Waals surface area contributed by atoms with Gasteiger partial charge in [-0.3, -0.25) is 10.2 Å². The average molecular weight is 501 g/mol. The molecule has 2 rings (SSSR count). The Hall–Kier alpha value is -3.05. The van der Waals surface area contributed by atoms with Crippen molar-refractivity contribution in [2.45, 2.75) is 52.6 Å². The molecular formula is C24H29BrN4O3. The van der Waals surface area contributed by atoms with E-state index in [1.807, 2.05) is 19.1 Å². The number of benzene rings is 2. The zero-order valence-corrected chi connectivity index (χ0v) is 20.5. The van der Waals surface area contributed by atoms with Crippen LogP contribution in [-0.2, 0) is 9.53 Å². The normalized spacial score (nSPS) is 10.8. The van der Waals surface area contributed by atoms with Gasteiger partial charge in [-0.05, 0) is 76.4 Å². The van der Waals surface area contributed by atoms with Crippen molar-refractivity contribution in [2.75, 3.05) is 21.1 Å². The van der Waals surface area contributed by atoms with E-state index in [0.29, 0.717) is 29.0 Å². The molecule has 170 valence electrons. The molecule has 0 aliphatic rings. The van der Waals surface area contributed by atoms with Crippen molar-refractivity contribution < 1.29 is 14.3 Å². The summed E-state index contributed by atoms with van der Waals surface area (Å²) in [5.41, 5.74) is 5.37. The topological polar surface area (TPSA) is 94.5 Å². The Labute approximate surface area is 197 Å². The van der Waals surface area contributed by atoms with Crippen LogP contribution in [0, 0.1) is 18.3 Å². The van der Waals surface area contributed by atoms with Crippen molar-refractivity contribution in [1.82, 2.24) is 0 Å². The molecule has 0 fully saturated rings. The van der Waals surface area contributed by atoms with Gasteiger partial charge in [0.25, 0.3) is 0 Å². The number of carbonyl (C=O) groups excluding carboxylic acids is 2. The third-order valence-corrected chi connectivity index (χ3v) is 4.95. The summed E-state index contributed by atoms with van der Waals surface area (Å²) in [6.45, 7) is 7.24. The molecule has 2 aromatic rings. The molecule has 0 spiro atoms. The predicted molar refractivity (Wildman–Crippen MR) is 131 cm³/mol. The van der Waals surface area contributed by atoms with Crippen molar-refractivity contribution in [1.29, 1.82) is 5.26 Å². The second-order valence-corrected chi connectivity index (χ2v) is 9.07. The largest absolute Gasteiger partial charge is 0.442 e. The quantitative estimate of drug-likeness (QED) is 0.258. The summed E-state index contributed by atoms with van der Waals surface area (Å²) in [5.74, 6) is -0.0956. The lowest BCUT2D eigenvalue weighted by Crippen LogP contribution is -2.41. The number of nitrogens with zero attached hydrogens (tertiary/aromatic N) is 2. The van der Waals surface area contributed by atoms with Gasteiger partial charge in [0, 0.05) is 11.8 Å². The first-order chi connectivity index (χ1) is 15.1. The maximum absolute atomic E-state index is 13.0. The van der Waals surface area contributed by atoms with E-state index in [4.69, 9.17) is 10.00 Å². The summed E-state index contributed by atoms with van der Waals surface area (Å²) in [5, 5.41) is 14.1. The zero-order chi connectivity index (χ0) is 23.7. The minimum atomic E-state index is -0.707. The van der Waals surface area contributed by atoms with Gasteiger partial charge < -0.3 is 10.1 Å². The minimum Gasteiger partial charge on any atom is -0.442 e. The number of nitriles is 1. The van der Waals surface area contributed by atoms with E-state index in [-0.39, 0.29) is 5.91 Å². The van der Waals surface area contributed by atoms with E-state index >= 15 is 0 Å². The van der Waals surface area contributed by atoms with Crippen LogP contribution >= 0.6 is 15.9 Å². The fourth-order valence-corrected chi connectivity index (χ4v) is 3.23. The third kappa shape index (κ3) is 7.57. The highest BCUT2D eigenvalue weighted by Crippen LogP contribution is 2.29. The van der Waals surface area contributed by atoms with E-state index in [0.717, 1.165) is 23.7 Å². The van der Waals surface area contributed by atoms with Gasteiger partial charge in [-0.1, -0.05) is 28.1 Å². The molecule has 0 aliphatic carbocycles. The highest BCUT2D eigenvalue weighted by atomic mass is 79.9. The number of hydrazine groups is 1. The first kappa shape index (κ1) is 25.2. The monoisotopic (exact) mass is 500 g/mol. The second-order valence-electron chi connectivity index (χ2n) is 8.28. The maximum atomic E-state index is 13.0. The smallest absolute Gasteiger partial charge is 0.433 e. The molecule has 0 aliphatic heterocycles. The van der Waals surface area contributed by atoms with Crippen LogP contribution in [-0.4, -0.2) is 22.9 Å². The predicted octanol–water partition coefficient (Wildman–Crippen LogP) is 6.14. The Morgan fingerprint density at radius 1 is 1.12 bits per heavy atom. The van der Waals surface area contributed by atoms with Gasteiger partial charge in [0.1, 0.15) is 5.60 Å². The van der Waals surface area contributed by atoms with Gasteiger partial charge in [0.05, 0.1) is 28.7 Å². The Bertz CT molecular complexity index is 978. The lowest BCUT2D eigenvalue weighted by Gasteiger charge is -2.29. The maximum Gasteiger partial charge on any atom is 0.433 e. The highest BCUT2D eigenvalue weighted by Gasteiger charge is 2.25. The van der Waals surface area contributed by atoms with Gasteiger partial charge in [-0.25, -0.2) is 4.79 Å². The van der Waals surface area contributed by atoms with Crippen molar-refractivity contribution in [3.63, 3.8) is 0 Å². The van der Waals surface area contributed by atoms with Crippen molar-refractivity contribution >= 4 is 45.0 Å². The summed E-state index contributed by atoms with van der Waals surface area (Å²) in [4.78, 5) is 25.4. The first-order valence-corrected chi connectivity index (χ1v) is 11.5. The summed E-state index contributed by atoms with van der Waals surface area (Å²) in [7, 11) is 0. The number of hydrogen-bond acceptors (Lipinski definition) is 5. The Morgan fingerprint density at radius 2 is 1.81 bits per heavy atom. The molecule has 0 radical (unpaired) electrons. The number of para-hydroxylation sites is 1. The van der Waals surface area contributed by atoms with Crippen LogP contribution in [0.5, 0.6) is 0 Å². The third-order valence-electron chi connectivity index (χ3n) is 4.39. The molecule has 2 N–H and O–H groups in total. The van der Waals surface area contributed by atoms with Gasteiger partial charge in [0.2, 0.25) is 5.91 Å². The standard InChI is InChI=1S/C24H29BrN4O3/c1-17-8-7-9-20(27-21(30)10-5-6-15-25)22(17)28-29(23(31)32-24(2,3)4)19-13-11-18(16-26)12-14-19/h7-9,11-14,28H,5-6,10,15H2,1-4H3,(H,27,30). The van der Waals surface area contributed by atoms with Gasteiger partial charge in [-0.2, -0.15) is 10.3 Å². The highest BCUT2D eigenvalue weighted by molar-refractivity contribution is 9.09. The number of anilines is 3. The van der Waals surface area contributed by atoms with Crippen molar-refractivity contribution in [2.24, 2.45) is 0 Å². The first-order valence-electron chi connectivity index (χ1n) is 10.4. The van der Waals surface area contributed by atoms with Crippen LogP contribution in [0.1, 0.15) is 51.2 Å². The number of alkyl halides is 1. The minimum absolute atomic E-state index is 0.0956. The number of unbranched alkanes of at least 4 members (excludes halogenated alkanes) is 1. The molecule has 2 aromatic carbocycles. The van der Waals surface area contributed by atoms with Crippen LogP contribution in [0.3, 0.4) is 0 Å². The summed E-state index contributed by atoms with van der Waals surface area (Å²) < 4.78 is 5.58. The second kappa shape index (κ2) is 11.5. The number of halogens is 1. The number of rotatable bonds is 8. The van der Waals surface area contributed by atoms with Gasteiger partial charge in [-0.15, -0.1) is 0 Å². The number of aryl methyl sites for hydroxylation is 1. The molecule has 8 heteroatoms. The van der Waals surface area contributed by atoms with Gasteiger partial charge >= 0.3 is 6.09 Å². The Morgan fingerprint density at radius 3 is 2.41 bits per heavy atom. The molecular weight excluding hydrogens is 472 g/mol. The van der Waals surface area contributed by atoms with Crippen molar-refractivity contribution in [3.8, 4) is 6.07 Å². The number of ether oxygens (including phenoxy) is 1. The zero-order valence-electron chi connectivity index (χ0n) is 18.9. The fraction of sp³-hybridized carbons (Fsp3) is 0.375. The lowest BCUT2D eigenvalue weighted by atomic mass is 10.1. The fourth-order valence-electron chi connectivity index (χ4n) is 2.83. The number of amides is 2. The van der Waals surface area contributed by atoms with E-state index in [9.17, 15) is 9.59 Å². The lowest BCUT2D eigenvalue weighted by molar-refractivity contribution is -0.116. The summed E-state index contributed by atoms with van der Waals surface area (Å²) in [6.07, 6.45) is 1.49. The van der Waals surface area contributed by atoms with Crippen LogP contribution in [0.4, 0.5) is 21.9 Å². The summed E-state index contributed by atoms with van der Waals surface area (Å²) >= 11 is 3.37. The van der Waals surface area contributed by atoms with E-state index < -0.39 is 11.7 Å². The average Bonchev–Trinajstić information content (AvgIpc) is 2.72. The molecule has 0 saturated heterocycles. The molecule has 0 heterocycles.